The van der Waals surface area contributed by atoms with Gasteiger partial charge in [0.05, 0.1) is 5.69 Å². The van der Waals surface area contributed by atoms with Crippen LogP contribution in [0.2, 0.25) is 0 Å². The van der Waals surface area contributed by atoms with Crippen molar-refractivity contribution in [1.29, 1.82) is 0 Å². The Kier molecular flexibility index (Phi) is 3.38. The minimum atomic E-state index is 0.744. The van der Waals surface area contributed by atoms with Gasteiger partial charge in [0, 0.05) is 21.8 Å². The van der Waals surface area contributed by atoms with Crippen molar-refractivity contribution in [3.8, 4) is 22.6 Å². The third-order valence-electron chi connectivity index (χ3n) is 2.83. The van der Waals surface area contributed by atoms with Gasteiger partial charge < -0.3 is 0 Å². The number of aromatic nitrogens is 2. The fraction of sp³-hybridized carbons (Fsp3) is 0. The maximum atomic E-state index is 4.62. The second-order valence-electron chi connectivity index (χ2n) is 4.14. The Morgan fingerprint density at radius 2 is 1.47 bits per heavy atom. The first-order valence-corrected chi connectivity index (χ1v) is 6.77. The van der Waals surface area contributed by atoms with Gasteiger partial charge in [-0.15, -0.1) is 0 Å². The summed E-state index contributed by atoms with van der Waals surface area (Å²) >= 11 is 3.43. The van der Waals surface area contributed by atoms with Crippen molar-refractivity contribution in [1.82, 2.24) is 9.97 Å². The van der Waals surface area contributed by atoms with Gasteiger partial charge in [-0.3, -0.25) is 0 Å². The molecular formula is C16H11BrN2. The molecule has 19 heavy (non-hydrogen) atoms. The first-order valence-electron chi connectivity index (χ1n) is 5.97. The predicted molar refractivity (Wildman–Crippen MR) is 80.6 cm³/mol. The maximum absolute atomic E-state index is 4.62. The van der Waals surface area contributed by atoms with E-state index in [9.17, 15) is 0 Å². The van der Waals surface area contributed by atoms with E-state index in [1.165, 1.54) is 0 Å². The molecular weight excluding hydrogens is 300 g/mol. The molecule has 0 aliphatic heterocycles. The molecule has 0 spiro atoms. The Hall–Kier alpha value is -2.00. The zero-order chi connectivity index (χ0) is 13.1. The van der Waals surface area contributed by atoms with Gasteiger partial charge in [0.15, 0.2) is 5.82 Å². The van der Waals surface area contributed by atoms with E-state index in [4.69, 9.17) is 0 Å². The number of benzene rings is 2. The average Bonchev–Trinajstić information content (AvgIpc) is 2.49. The van der Waals surface area contributed by atoms with Gasteiger partial charge in [-0.25, -0.2) is 9.97 Å². The van der Waals surface area contributed by atoms with E-state index in [0.717, 1.165) is 27.1 Å². The highest BCUT2D eigenvalue weighted by Gasteiger charge is 2.04. The zero-order valence-corrected chi connectivity index (χ0v) is 11.7. The zero-order valence-electron chi connectivity index (χ0n) is 10.1. The lowest BCUT2D eigenvalue weighted by Crippen LogP contribution is -1.91. The van der Waals surface area contributed by atoms with Crippen LogP contribution >= 0.6 is 15.9 Å². The second-order valence-corrected chi connectivity index (χ2v) is 5.05. The molecule has 3 heteroatoms. The molecule has 0 N–H and O–H groups in total. The first kappa shape index (κ1) is 12.1. The minimum absolute atomic E-state index is 0.744. The summed E-state index contributed by atoms with van der Waals surface area (Å²) in [7, 11) is 0. The highest BCUT2D eigenvalue weighted by Crippen LogP contribution is 2.21. The van der Waals surface area contributed by atoms with E-state index in [1.54, 1.807) is 6.20 Å². The summed E-state index contributed by atoms with van der Waals surface area (Å²) in [6, 6.07) is 20.1. The molecule has 0 saturated heterocycles. The molecule has 3 aromatic rings. The molecule has 0 unspecified atom stereocenters. The highest BCUT2D eigenvalue weighted by molar-refractivity contribution is 9.10. The lowest BCUT2D eigenvalue weighted by atomic mass is 10.1. The molecule has 0 saturated carbocycles. The van der Waals surface area contributed by atoms with Crippen LogP contribution in [-0.4, -0.2) is 9.97 Å². The van der Waals surface area contributed by atoms with Crippen molar-refractivity contribution in [3.05, 3.63) is 71.3 Å². The number of hydrogen-bond acceptors (Lipinski definition) is 2. The van der Waals surface area contributed by atoms with Crippen molar-refractivity contribution in [2.75, 3.05) is 0 Å². The predicted octanol–water partition coefficient (Wildman–Crippen LogP) is 4.57. The Morgan fingerprint density at radius 1 is 0.737 bits per heavy atom. The largest absolute Gasteiger partial charge is 0.237 e. The second kappa shape index (κ2) is 5.33. The molecule has 1 heterocycles. The molecule has 0 aliphatic carbocycles. The van der Waals surface area contributed by atoms with E-state index < -0.39 is 0 Å². The van der Waals surface area contributed by atoms with Crippen molar-refractivity contribution >= 4 is 15.9 Å². The third-order valence-corrected chi connectivity index (χ3v) is 3.36. The number of rotatable bonds is 2. The van der Waals surface area contributed by atoms with Crippen LogP contribution < -0.4 is 0 Å². The Bertz CT molecular complexity index is 679. The van der Waals surface area contributed by atoms with Gasteiger partial charge in [0.25, 0.3) is 0 Å². The SMILES string of the molecule is Brc1ccc(-c2nccc(-c3ccccc3)n2)cc1. The first-order chi connectivity index (χ1) is 9.33. The van der Waals surface area contributed by atoms with Crippen molar-refractivity contribution in [2.24, 2.45) is 0 Å². The van der Waals surface area contributed by atoms with Crippen LogP contribution in [0.25, 0.3) is 22.6 Å². The van der Waals surface area contributed by atoms with Crippen LogP contribution in [-0.2, 0) is 0 Å². The topological polar surface area (TPSA) is 25.8 Å². The summed E-state index contributed by atoms with van der Waals surface area (Å²) in [5.41, 5.74) is 3.05. The van der Waals surface area contributed by atoms with Crippen molar-refractivity contribution < 1.29 is 0 Å². The van der Waals surface area contributed by atoms with Crippen molar-refractivity contribution in [2.45, 2.75) is 0 Å². The smallest absolute Gasteiger partial charge is 0.159 e. The molecule has 0 fully saturated rings. The third kappa shape index (κ3) is 2.71. The number of hydrogen-bond donors (Lipinski definition) is 0. The van der Waals surface area contributed by atoms with E-state index in [1.807, 2.05) is 60.7 Å². The van der Waals surface area contributed by atoms with Crippen LogP contribution in [0.4, 0.5) is 0 Å². The fourth-order valence-electron chi connectivity index (χ4n) is 1.87. The fourth-order valence-corrected chi connectivity index (χ4v) is 2.13. The minimum Gasteiger partial charge on any atom is -0.237 e. The summed E-state index contributed by atoms with van der Waals surface area (Å²) in [5.74, 6) is 0.744. The molecule has 0 aliphatic rings. The summed E-state index contributed by atoms with van der Waals surface area (Å²) in [4.78, 5) is 8.95. The lowest BCUT2D eigenvalue weighted by molar-refractivity contribution is 1.18. The molecule has 92 valence electrons. The normalized spacial score (nSPS) is 10.4. The Labute approximate surface area is 120 Å². The van der Waals surface area contributed by atoms with Crippen LogP contribution in [0.3, 0.4) is 0 Å². The average molecular weight is 311 g/mol. The van der Waals surface area contributed by atoms with Gasteiger partial charge >= 0.3 is 0 Å². The van der Waals surface area contributed by atoms with Crippen molar-refractivity contribution in [3.63, 3.8) is 0 Å². The van der Waals surface area contributed by atoms with E-state index in [-0.39, 0.29) is 0 Å². The summed E-state index contributed by atoms with van der Waals surface area (Å²) in [5, 5.41) is 0. The van der Waals surface area contributed by atoms with Gasteiger partial charge in [-0.2, -0.15) is 0 Å². The van der Waals surface area contributed by atoms with Gasteiger partial charge in [-0.05, 0) is 18.2 Å². The Balaban J connectivity index is 2.03. The maximum Gasteiger partial charge on any atom is 0.159 e. The Morgan fingerprint density at radius 3 is 2.21 bits per heavy atom. The molecule has 1 aromatic heterocycles. The van der Waals surface area contributed by atoms with Gasteiger partial charge in [0.2, 0.25) is 0 Å². The molecule has 0 radical (unpaired) electrons. The van der Waals surface area contributed by atoms with E-state index >= 15 is 0 Å². The molecule has 3 rings (SSSR count). The molecule has 2 aromatic carbocycles. The van der Waals surface area contributed by atoms with Crippen LogP contribution in [0.1, 0.15) is 0 Å². The summed E-state index contributed by atoms with van der Waals surface area (Å²) in [6.07, 6.45) is 1.80. The molecule has 0 atom stereocenters. The number of halogens is 1. The highest BCUT2D eigenvalue weighted by atomic mass is 79.9. The van der Waals surface area contributed by atoms with E-state index in [0.29, 0.717) is 0 Å². The van der Waals surface area contributed by atoms with E-state index in [2.05, 4.69) is 25.9 Å². The van der Waals surface area contributed by atoms with Crippen LogP contribution in [0.5, 0.6) is 0 Å². The van der Waals surface area contributed by atoms with Gasteiger partial charge in [-0.1, -0.05) is 58.4 Å². The van der Waals surface area contributed by atoms with Crippen LogP contribution in [0, 0.1) is 0 Å². The quantitative estimate of drug-likeness (QED) is 0.692. The molecule has 0 amide bonds. The van der Waals surface area contributed by atoms with Crippen LogP contribution in [0.15, 0.2) is 71.3 Å². The summed E-state index contributed by atoms with van der Waals surface area (Å²) in [6.45, 7) is 0. The molecule has 2 nitrogen and oxygen atoms in total. The standard InChI is InChI=1S/C16H11BrN2/c17-14-8-6-13(7-9-14)16-18-11-10-15(19-16)12-4-2-1-3-5-12/h1-11H. The molecule has 0 bridgehead atoms. The monoisotopic (exact) mass is 310 g/mol. The lowest BCUT2D eigenvalue weighted by Gasteiger charge is -2.04. The number of nitrogens with zero attached hydrogens (tertiary/aromatic N) is 2. The summed E-state index contributed by atoms with van der Waals surface area (Å²) < 4.78 is 1.05. The van der Waals surface area contributed by atoms with Gasteiger partial charge in [0.1, 0.15) is 0 Å².